The van der Waals surface area contributed by atoms with Crippen molar-refractivity contribution in [1.82, 2.24) is 4.90 Å². The molecule has 0 aliphatic carbocycles. The predicted molar refractivity (Wildman–Crippen MR) is 101 cm³/mol. The first-order chi connectivity index (χ1) is 12.2. The molecule has 2 aromatic carbocycles. The Bertz CT molecular complexity index is 727. The van der Waals surface area contributed by atoms with Crippen LogP contribution in [0.1, 0.15) is 18.4 Å². The van der Waals surface area contributed by atoms with E-state index in [1.165, 1.54) is 21.9 Å². The predicted octanol–water partition coefficient (Wildman–Crippen LogP) is 4.71. The Kier molecular flexibility index (Phi) is 6.42. The number of benzene rings is 2. The van der Waals surface area contributed by atoms with Crippen molar-refractivity contribution >= 4 is 17.5 Å². The number of rotatable bonds is 7. The normalized spacial score (nSPS) is 15.0. The highest BCUT2D eigenvalue weighted by molar-refractivity contribution is 8.03. The maximum absolute atomic E-state index is 12.9. The second-order valence-electron chi connectivity index (χ2n) is 6.23. The van der Waals surface area contributed by atoms with Gasteiger partial charge in [0.2, 0.25) is 0 Å². The van der Waals surface area contributed by atoms with Crippen LogP contribution in [0.2, 0.25) is 0 Å². The standard InChI is InChI=1S/C21H22FNOS/c22-18-8-6-17(7-9-18)16-19(24)10-13-23-14-11-21(12-15-23)25-20-4-2-1-3-5-20/h1-9,11H,10,12-16H2. The van der Waals surface area contributed by atoms with Crippen molar-refractivity contribution in [2.45, 2.75) is 24.2 Å². The smallest absolute Gasteiger partial charge is 0.138 e. The van der Waals surface area contributed by atoms with Crippen LogP contribution in [0.15, 0.2) is 70.5 Å². The lowest BCUT2D eigenvalue weighted by atomic mass is 10.1. The highest BCUT2D eigenvalue weighted by Crippen LogP contribution is 2.30. The zero-order chi connectivity index (χ0) is 17.5. The Morgan fingerprint density at radius 2 is 1.84 bits per heavy atom. The van der Waals surface area contributed by atoms with E-state index in [0.29, 0.717) is 12.8 Å². The summed E-state index contributed by atoms with van der Waals surface area (Å²) in [6.45, 7) is 2.69. The minimum atomic E-state index is -0.263. The van der Waals surface area contributed by atoms with Crippen molar-refractivity contribution < 1.29 is 9.18 Å². The number of thioether (sulfide) groups is 1. The van der Waals surface area contributed by atoms with Crippen molar-refractivity contribution in [2.75, 3.05) is 19.6 Å². The first-order valence-electron chi connectivity index (χ1n) is 8.59. The van der Waals surface area contributed by atoms with E-state index in [2.05, 4.69) is 35.2 Å². The summed E-state index contributed by atoms with van der Waals surface area (Å²) in [5.74, 6) is -0.0551. The van der Waals surface area contributed by atoms with E-state index in [9.17, 15) is 9.18 Å². The Balaban J connectivity index is 1.41. The zero-order valence-electron chi connectivity index (χ0n) is 14.2. The molecule has 25 heavy (non-hydrogen) atoms. The first kappa shape index (κ1) is 17.9. The van der Waals surface area contributed by atoms with Crippen LogP contribution >= 0.6 is 11.8 Å². The van der Waals surface area contributed by atoms with Gasteiger partial charge in [0.05, 0.1) is 0 Å². The summed E-state index contributed by atoms with van der Waals surface area (Å²) in [7, 11) is 0. The fourth-order valence-electron chi connectivity index (χ4n) is 2.83. The Hall–Kier alpha value is -1.91. The summed E-state index contributed by atoms with van der Waals surface area (Å²) in [6, 6.07) is 16.6. The number of halogens is 1. The molecule has 1 heterocycles. The molecule has 2 nitrogen and oxygen atoms in total. The van der Waals surface area contributed by atoms with Crippen LogP contribution in [0.3, 0.4) is 0 Å². The number of nitrogens with zero attached hydrogens (tertiary/aromatic N) is 1. The number of ketones is 1. The fraction of sp³-hybridized carbons (Fsp3) is 0.286. The molecule has 130 valence electrons. The van der Waals surface area contributed by atoms with Gasteiger partial charge in [-0.1, -0.05) is 48.2 Å². The average molecular weight is 355 g/mol. The molecule has 0 amide bonds. The van der Waals surface area contributed by atoms with E-state index in [1.54, 1.807) is 12.1 Å². The van der Waals surface area contributed by atoms with Gasteiger partial charge in [0.25, 0.3) is 0 Å². The van der Waals surface area contributed by atoms with Gasteiger partial charge in [-0.3, -0.25) is 9.69 Å². The fourth-order valence-corrected chi connectivity index (χ4v) is 3.78. The van der Waals surface area contributed by atoms with Crippen molar-refractivity contribution in [2.24, 2.45) is 0 Å². The van der Waals surface area contributed by atoms with Gasteiger partial charge < -0.3 is 0 Å². The molecule has 2 aromatic rings. The summed E-state index contributed by atoms with van der Waals surface area (Å²) in [5.41, 5.74) is 0.881. The van der Waals surface area contributed by atoms with Gasteiger partial charge in [0.15, 0.2) is 0 Å². The molecule has 0 atom stereocenters. The van der Waals surface area contributed by atoms with Crippen molar-refractivity contribution in [1.29, 1.82) is 0 Å². The van der Waals surface area contributed by atoms with Gasteiger partial charge in [-0.05, 0) is 41.2 Å². The van der Waals surface area contributed by atoms with Crippen LogP contribution in [0.5, 0.6) is 0 Å². The van der Waals surface area contributed by atoms with Gasteiger partial charge in [-0.15, -0.1) is 0 Å². The third-order valence-corrected chi connectivity index (χ3v) is 5.41. The molecule has 1 aliphatic rings. The third kappa shape index (κ3) is 5.83. The number of hydrogen-bond acceptors (Lipinski definition) is 3. The quantitative estimate of drug-likeness (QED) is 0.717. The lowest BCUT2D eigenvalue weighted by molar-refractivity contribution is -0.118. The monoisotopic (exact) mass is 355 g/mol. The second-order valence-corrected chi connectivity index (χ2v) is 7.43. The lowest BCUT2D eigenvalue weighted by Crippen LogP contribution is -2.30. The van der Waals surface area contributed by atoms with Crippen molar-refractivity contribution in [3.63, 3.8) is 0 Å². The molecule has 0 aromatic heterocycles. The minimum Gasteiger partial charge on any atom is -0.299 e. The summed E-state index contributed by atoms with van der Waals surface area (Å²) in [4.78, 5) is 17.1. The maximum atomic E-state index is 12.9. The van der Waals surface area contributed by atoms with Crippen LogP contribution in [-0.2, 0) is 11.2 Å². The topological polar surface area (TPSA) is 20.3 Å². The number of carbonyl (C=O) groups is 1. The van der Waals surface area contributed by atoms with Gasteiger partial charge in [0.1, 0.15) is 11.6 Å². The van der Waals surface area contributed by atoms with E-state index >= 15 is 0 Å². The van der Waals surface area contributed by atoms with Gasteiger partial charge in [0, 0.05) is 37.4 Å². The van der Waals surface area contributed by atoms with Gasteiger partial charge >= 0.3 is 0 Å². The first-order valence-corrected chi connectivity index (χ1v) is 9.41. The number of carbonyl (C=O) groups excluding carboxylic acids is 1. The number of hydrogen-bond donors (Lipinski definition) is 0. The maximum Gasteiger partial charge on any atom is 0.138 e. The average Bonchev–Trinajstić information content (AvgIpc) is 2.64. The van der Waals surface area contributed by atoms with Crippen LogP contribution < -0.4 is 0 Å². The SMILES string of the molecule is O=C(CCN1CC=C(Sc2ccccc2)CC1)Cc1ccc(F)cc1. The van der Waals surface area contributed by atoms with Crippen LogP contribution in [-0.4, -0.2) is 30.3 Å². The zero-order valence-corrected chi connectivity index (χ0v) is 15.0. The van der Waals surface area contributed by atoms with E-state index in [0.717, 1.165) is 31.6 Å². The highest BCUT2D eigenvalue weighted by atomic mass is 32.2. The molecule has 0 N–H and O–H groups in total. The summed E-state index contributed by atoms with van der Waals surface area (Å²) < 4.78 is 12.9. The van der Waals surface area contributed by atoms with Crippen molar-refractivity contribution in [3.8, 4) is 0 Å². The lowest BCUT2D eigenvalue weighted by Gasteiger charge is -2.25. The molecular weight excluding hydrogens is 333 g/mol. The molecule has 0 bridgehead atoms. The van der Waals surface area contributed by atoms with E-state index in [-0.39, 0.29) is 11.6 Å². The summed E-state index contributed by atoms with van der Waals surface area (Å²) >= 11 is 1.83. The molecule has 0 radical (unpaired) electrons. The second kappa shape index (κ2) is 8.97. The molecule has 0 unspecified atom stereocenters. The molecule has 0 saturated heterocycles. The number of Topliss-reactive ketones (excluding diaryl/α,β-unsaturated/α-hetero) is 1. The van der Waals surface area contributed by atoms with Crippen molar-refractivity contribution in [3.05, 3.63) is 77.0 Å². The molecular formula is C21H22FNOS. The summed E-state index contributed by atoms with van der Waals surface area (Å²) in [6.07, 6.45) is 4.24. The Labute approximate surface area is 152 Å². The van der Waals surface area contributed by atoms with Gasteiger partial charge in [-0.2, -0.15) is 0 Å². The molecule has 4 heteroatoms. The summed E-state index contributed by atoms with van der Waals surface area (Å²) in [5, 5.41) is 0. The Morgan fingerprint density at radius 1 is 1.08 bits per heavy atom. The van der Waals surface area contributed by atoms with Crippen LogP contribution in [0.25, 0.3) is 0 Å². The molecule has 3 rings (SSSR count). The van der Waals surface area contributed by atoms with Gasteiger partial charge in [-0.25, -0.2) is 4.39 Å². The largest absolute Gasteiger partial charge is 0.299 e. The molecule has 0 spiro atoms. The molecule has 1 aliphatic heterocycles. The van der Waals surface area contributed by atoms with Crippen LogP contribution in [0.4, 0.5) is 4.39 Å². The molecule has 0 saturated carbocycles. The van der Waals surface area contributed by atoms with E-state index < -0.39 is 0 Å². The molecule has 0 fully saturated rings. The van der Waals surface area contributed by atoms with E-state index in [1.807, 2.05) is 17.8 Å². The van der Waals surface area contributed by atoms with Crippen LogP contribution in [0, 0.1) is 5.82 Å². The third-order valence-electron chi connectivity index (χ3n) is 4.27. The highest BCUT2D eigenvalue weighted by Gasteiger charge is 2.14. The Morgan fingerprint density at radius 3 is 2.52 bits per heavy atom. The minimum absolute atomic E-state index is 0.208. The van der Waals surface area contributed by atoms with E-state index in [4.69, 9.17) is 0 Å².